The highest BCUT2D eigenvalue weighted by Gasteiger charge is 2.26. The molecule has 0 N–H and O–H groups in total. The van der Waals surface area contributed by atoms with Gasteiger partial charge in [-0.25, -0.2) is 0 Å². The molecule has 1 atom stereocenters. The maximum atomic E-state index is 5.67. The minimum Gasteiger partial charge on any atom is -0.497 e. The van der Waals surface area contributed by atoms with Crippen molar-refractivity contribution >= 4 is 10.8 Å². The van der Waals surface area contributed by atoms with E-state index < -0.39 is 0 Å². The van der Waals surface area contributed by atoms with E-state index in [1.54, 1.807) is 7.11 Å². The largest absolute Gasteiger partial charge is 0.497 e. The van der Waals surface area contributed by atoms with Crippen LogP contribution in [0.1, 0.15) is 24.8 Å². The van der Waals surface area contributed by atoms with Gasteiger partial charge in [0.25, 0.3) is 0 Å². The first-order chi connectivity index (χ1) is 9.81. The summed E-state index contributed by atoms with van der Waals surface area (Å²) in [6.07, 6.45) is 0.905. The molecule has 3 heteroatoms. The lowest BCUT2D eigenvalue weighted by Gasteiger charge is -2.21. The van der Waals surface area contributed by atoms with Crippen molar-refractivity contribution in [1.29, 1.82) is 0 Å². The second-order valence-corrected chi connectivity index (χ2v) is 5.10. The van der Waals surface area contributed by atoms with Crippen LogP contribution in [0.2, 0.25) is 0 Å². The van der Waals surface area contributed by atoms with Crippen molar-refractivity contribution in [2.24, 2.45) is 0 Å². The van der Waals surface area contributed by atoms with Gasteiger partial charge in [0.1, 0.15) is 5.75 Å². The summed E-state index contributed by atoms with van der Waals surface area (Å²) in [5.41, 5.74) is 1.28. The Hall–Kier alpha value is -1.58. The SMILES string of the molecule is CCC(c1ccc2cc(OC)ccc2c1)C1OCCO1. The number of benzene rings is 2. The zero-order valence-corrected chi connectivity index (χ0v) is 12.0. The van der Waals surface area contributed by atoms with Crippen molar-refractivity contribution in [3.63, 3.8) is 0 Å². The zero-order valence-electron chi connectivity index (χ0n) is 12.0. The Bertz CT molecular complexity index is 588. The molecule has 106 valence electrons. The second-order valence-electron chi connectivity index (χ2n) is 5.10. The summed E-state index contributed by atoms with van der Waals surface area (Å²) in [5, 5.41) is 2.41. The van der Waals surface area contributed by atoms with Gasteiger partial charge in [-0.3, -0.25) is 0 Å². The van der Waals surface area contributed by atoms with E-state index in [-0.39, 0.29) is 6.29 Å². The molecular formula is C17H20O3. The van der Waals surface area contributed by atoms with Gasteiger partial charge in [0.05, 0.1) is 20.3 Å². The molecule has 0 spiro atoms. The lowest BCUT2D eigenvalue weighted by Crippen LogP contribution is -2.18. The molecule has 0 amide bonds. The van der Waals surface area contributed by atoms with Crippen molar-refractivity contribution in [1.82, 2.24) is 0 Å². The molecule has 3 rings (SSSR count). The average molecular weight is 272 g/mol. The van der Waals surface area contributed by atoms with Crippen LogP contribution in [0.25, 0.3) is 10.8 Å². The number of rotatable bonds is 4. The fourth-order valence-electron chi connectivity index (χ4n) is 2.79. The molecule has 2 aromatic carbocycles. The van der Waals surface area contributed by atoms with Crippen LogP contribution < -0.4 is 4.74 Å². The quantitative estimate of drug-likeness (QED) is 0.849. The Labute approximate surface area is 119 Å². The van der Waals surface area contributed by atoms with E-state index in [4.69, 9.17) is 14.2 Å². The number of ether oxygens (including phenoxy) is 3. The van der Waals surface area contributed by atoms with Crippen molar-refractivity contribution in [3.05, 3.63) is 42.0 Å². The maximum Gasteiger partial charge on any atom is 0.164 e. The highest BCUT2D eigenvalue weighted by atomic mass is 16.7. The molecule has 1 aliphatic rings. The van der Waals surface area contributed by atoms with Gasteiger partial charge in [0.2, 0.25) is 0 Å². The topological polar surface area (TPSA) is 27.7 Å². The van der Waals surface area contributed by atoms with E-state index in [1.807, 2.05) is 6.07 Å². The molecule has 3 nitrogen and oxygen atoms in total. The van der Waals surface area contributed by atoms with Gasteiger partial charge in [-0.05, 0) is 34.9 Å². The number of hydrogen-bond acceptors (Lipinski definition) is 3. The minimum absolute atomic E-state index is 0.101. The summed E-state index contributed by atoms with van der Waals surface area (Å²) >= 11 is 0. The molecule has 1 fully saturated rings. The van der Waals surface area contributed by atoms with Gasteiger partial charge in [-0.1, -0.05) is 31.2 Å². The van der Waals surface area contributed by atoms with Gasteiger partial charge in [-0.15, -0.1) is 0 Å². The van der Waals surface area contributed by atoms with Gasteiger partial charge < -0.3 is 14.2 Å². The summed E-state index contributed by atoms with van der Waals surface area (Å²) in [7, 11) is 1.69. The standard InChI is InChI=1S/C17H20O3/c1-3-16(17-19-8-9-20-17)14-5-4-13-11-15(18-2)7-6-12(13)10-14/h4-7,10-11,16-17H,3,8-9H2,1-2H3. The fraction of sp³-hybridized carbons (Fsp3) is 0.412. The Morgan fingerprint density at radius 2 is 1.80 bits per heavy atom. The van der Waals surface area contributed by atoms with Crippen LogP contribution in [0, 0.1) is 0 Å². The Balaban J connectivity index is 1.94. The normalized spacial score (nSPS) is 17.5. The summed E-state index contributed by atoms with van der Waals surface area (Å²) in [5.74, 6) is 1.18. The Morgan fingerprint density at radius 1 is 1.10 bits per heavy atom. The summed E-state index contributed by atoms with van der Waals surface area (Å²) in [6.45, 7) is 3.58. The van der Waals surface area contributed by atoms with E-state index in [0.29, 0.717) is 19.1 Å². The van der Waals surface area contributed by atoms with Crippen LogP contribution in [0.4, 0.5) is 0 Å². The Kier molecular flexibility index (Phi) is 3.90. The van der Waals surface area contributed by atoms with E-state index in [1.165, 1.54) is 16.3 Å². The van der Waals surface area contributed by atoms with Gasteiger partial charge in [0.15, 0.2) is 6.29 Å². The second kappa shape index (κ2) is 5.81. The predicted octanol–water partition coefficient (Wildman–Crippen LogP) is 3.71. The summed E-state index contributed by atoms with van der Waals surface area (Å²) < 4.78 is 16.6. The van der Waals surface area contributed by atoms with Gasteiger partial charge in [0, 0.05) is 5.92 Å². The number of methoxy groups -OCH3 is 1. The summed E-state index contributed by atoms with van der Waals surface area (Å²) in [6, 6.07) is 12.7. The van der Waals surface area contributed by atoms with Crippen molar-refractivity contribution in [2.45, 2.75) is 25.6 Å². The lowest BCUT2D eigenvalue weighted by molar-refractivity contribution is -0.0617. The first-order valence-corrected chi connectivity index (χ1v) is 7.12. The van der Waals surface area contributed by atoms with Gasteiger partial charge in [-0.2, -0.15) is 0 Å². The van der Waals surface area contributed by atoms with Crippen LogP contribution in [0.5, 0.6) is 5.75 Å². The molecule has 1 heterocycles. The molecule has 0 aliphatic carbocycles. The molecule has 1 unspecified atom stereocenters. The summed E-state index contributed by atoms with van der Waals surface area (Å²) in [4.78, 5) is 0. The zero-order chi connectivity index (χ0) is 13.9. The number of fused-ring (bicyclic) bond motifs is 1. The van der Waals surface area contributed by atoms with Crippen molar-refractivity contribution < 1.29 is 14.2 Å². The third-order valence-electron chi connectivity index (χ3n) is 3.92. The van der Waals surface area contributed by atoms with Gasteiger partial charge >= 0.3 is 0 Å². The minimum atomic E-state index is -0.101. The highest BCUT2D eigenvalue weighted by Crippen LogP contribution is 2.31. The molecule has 0 radical (unpaired) electrons. The monoisotopic (exact) mass is 272 g/mol. The molecule has 0 saturated carbocycles. The van der Waals surface area contributed by atoms with E-state index in [9.17, 15) is 0 Å². The third kappa shape index (κ3) is 2.51. The van der Waals surface area contributed by atoms with E-state index in [2.05, 4.69) is 37.3 Å². The lowest BCUT2D eigenvalue weighted by atomic mass is 9.93. The van der Waals surface area contributed by atoms with Crippen molar-refractivity contribution in [2.75, 3.05) is 20.3 Å². The molecule has 20 heavy (non-hydrogen) atoms. The van der Waals surface area contributed by atoms with Crippen LogP contribution >= 0.6 is 0 Å². The highest BCUT2D eigenvalue weighted by molar-refractivity contribution is 5.84. The third-order valence-corrected chi connectivity index (χ3v) is 3.92. The first kappa shape index (κ1) is 13.4. The molecule has 1 saturated heterocycles. The van der Waals surface area contributed by atoms with Crippen molar-refractivity contribution in [3.8, 4) is 5.75 Å². The number of hydrogen-bond donors (Lipinski definition) is 0. The fourth-order valence-corrected chi connectivity index (χ4v) is 2.79. The molecule has 1 aliphatic heterocycles. The smallest absolute Gasteiger partial charge is 0.164 e. The molecule has 0 aromatic heterocycles. The van der Waals surface area contributed by atoms with Crippen LogP contribution in [0.3, 0.4) is 0 Å². The van der Waals surface area contributed by atoms with E-state index >= 15 is 0 Å². The first-order valence-electron chi connectivity index (χ1n) is 7.12. The predicted molar refractivity (Wildman–Crippen MR) is 79.2 cm³/mol. The molecular weight excluding hydrogens is 252 g/mol. The molecule has 2 aromatic rings. The van der Waals surface area contributed by atoms with E-state index in [0.717, 1.165) is 12.2 Å². The molecule has 0 bridgehead atoms. The van der Waals surface area contributed by atoms with Crippen LogP contribution in [-0.4, -0.2) is 26.6 Å². The Morgan fingerprint density at radius 3 is 2.50 bits per heavy atom. The van der Waals surface area contributed by atoms with Crippen LogP contribution in [-0.2, 0) is 9.47 Å². The van der Waals surface area contributed by atoms with Crippen LogP contribution in [0.15, 0.2) is 36.4 Å². The average Bonchev–Trinajstić information content (AvgIpc) is 3.01. The maximum absolute atomic E-state index is 5.67.